The minimum atomic E-state index is -0.364. The van der Waals surface area contributed by atoms with E-state index in [1.165, 1.54) is 6.33 Å². The molecular weight excluding hydrogens is 368 g/mol. The first-order valence-corrected chi connectivity index (χ1v) is 8.57. The SMILES string of the molecule is O=C(Nc1ccccc1Cl)c1cc(NCc2ccc3c(c2)OCO3)ncn1. The number of hydrogen-bond acceptors (Lipinski definition) is 6. The van der Waals surface area contributed by atoms with Gasteiger partial charge in [0, 0.05) is 12.6 Å². The van der Waals surface area contributed by atoms with E-state index in [-0.39, 0.29) is 18.4 Å². The Hall–Kier alpha value is -3.32. The fourth-order valence-electron chi connectivity index (χ4n) is 2.57. The zero-order valence-corrected chi connectivity index (χ0v) is 14.9. The smallest absolute Gasteiger partial charge is 0.274 e. The van der Waals surface area contributed by atoms with Crippen molar-refractivity contribution < 1.29 is 14.3 Å². The summed E-state index contributed by atoms with van der Waals surface area (Å²) in [6.07, 6.45) is 1.34. The molecule has 0 spiro atoms. The van der Waals surface area contributed by atoms with E-state index in [0.29, 0.717) is 23.1 Å². The largest absolute Gasteiger partial charge is 0.454 e. The van der Waals surface area contributed by atoms with Crippen molar-refractivity contribution >= 4 is 29.0 Å². The van der Waals surface area contributed by atoms with Crippen molar-refractivity contribution in [2.45, 2.75) is 6.54 Å². The summed E-state index contributed by atoms with van der Waals surface area (Å²) in [7, 11) is 0. The average molecular weight is 383 g/mol. The molecule has 1 aliphatic heterocycles. The molecule has 3 aromatic rings. The summed E-state index contributed by atoms with van der Waals surface area (Å²) in [6.45, 7) is 0.751. The highest BCUT2D eigenvalue weighted by molar-refractivity contribution is 6.33. The van der Waals surface area contributed by atoms with Crippen molar-refractivity contribution in [3.05, 3.63) is 71.1 Å². The standard InChI is InChI=1S/C19H15ClN4O3/c20-13-3-1-2-4-14(13)24-19(25)15-8-18(23-10-22-15)21-9-12-5-6-16-17(7-12)27-11-26-16/h1-8,10H,9,11H2,(H,24,25)(H,21,22,23). The van der Waals surface area contributed by atoms with Crippen LogP contribution in [-0.4, -0.2) is 22.7 Å². The molecule has 0 radical (unpaired) electrons. The van der Waals surface area contributed by atoms with Crippen LogP contribution in [0.3, 0.4) is 0 Å². The number of halogens is 1. The average Bonchev–Trinajstić information content (AvgIpc) is 3.16. The molecule has 0 aliphatic carbocycles. The van der Waals surface area contributed by atoms with E-state index < -0.39 is 0 Å². The zero-order valence-electron chi connectivity index (χ0n) is 14.1. The third kappa shape index (κ3) is 3.93. The van der Waals surface area contributed by atoms with Crippen LogP contribution in [0, 0.1) is 0 Å². The second-order valence-electron chi connectivity index (χ2n) is 5.76. The number of anilines is 2. The van der Waals surface area contributed by atoms with Crippen molar-refractivity contribution in [1.29, 1.82) is 0 Å². The number of carbonyl (C=O) groups excluding carboxylic acids is 1. The van der Waals surface area contributed by atoms with E-state index in [1.807, 2.05) is 18.2 Å². The van der Waals surface area contributed by atoms with Gasteiger partial charge in [-0.15, -0.1) is 0 Å². The lowest BCUT2D eigenvalue weighted by Gasteiger charge is -2.09. The van der Waals surface area contributed by atoms with Gasteiger partial charge in [-0.05, 0) is 29.8 Å². The van der Waals surface area contributed by atoms with Gasteiger partial charge in [-0.1, -0.05) is 29.8 Å². The van der Waals surface area contributed by atoms with Crippen LogP contribution in [0.4, 0.5) is 11.5 Å². The Morgan fingerprint density at radius 1 is 1.07 bits per heavy atom. The first-order chi connectivity index (χ1) is 13.2. The van der Waals surface area contributed by atoms with Gasteiger partial charge in [0.1, 0.15) is 17.8 Å². The maximum atomic E-state index is 12.4. The monoisotopic (exact) mass is 382 g/mol. The first-order valence-electron chi connectivity index (χ1n) is 8.19. The van der Waals surface area contributed by atoms with Gasteiger partial charge in [0.25, 0.3) is 5.91 Å². The van der Waals surface area contributed by atoms with Crippen LogP contribution in [0.5, 0.6) is 11.5 Å². The van der Waals surface area contributed by atoms with Crippen LogP contribution in [0.15, 0.2) is 54.9 Å². The Morgan fingerprint density at radius 3 is 2.81 bits per heavy atom. The molecular formula is C19H15ClN4O3. The molecule has 4 rings (SSSR count). The number of ether oxygens (including phenoxy) is 2. The molecule has 27 heavy (non-hydrogen) atoms. The first kappa shape index (κ1) is 17.1. The summed E-state index contributed by atoms with van der Waals surface area (Å²) >= 11 is 6.07. The van der Waals surface area contributed by atoms with Crippen molar-refractivity contribution in [1.82, 2.24) is 9.97 Å². The molecule has 0 saturated heterocycles. The van der Waals surface area contributed by atoms with Gasteiger partial charge in [-0.3, -0.25) is 4.79 Å². The molecule has 0 fully saturated rings. The Kier molecular flexibility index (Phi) is 4.76. The molecule has 8 heteroatoms. The zero-order chi connectivity index (χ0) is 18.6. The lowest BCUT2D eigenvalue weighted by molar-refractivity contribution is 0.102. The van der Waals surface area contributed by atoms with Crippen molar-refractivity contribution in [2.24, 2.45) is 0 Å². The van der Waals surface area contributed by atoms with E-state index in [4.69, 9.17) is 21.1 Å². The number of nitrogens with zero attached hydrogens (tertiary/aromatic N) is 2. The lowest BCUT2D eigenvalue weighted by atomic mass is 10.2. The molecule has 136 valence electrons. The van der Waals surface area contributed by atoms with Crippen LogP contribution in [0.25, 0.3) is 0 Å². The van der Waals surface area contributed by atoms with E-state index in [2.05, 4.69) is 20.6 Å². The second-order valence-corrected chi connectivity index (χ2v) is 6.17. The molecule has 1 aliphatic rings. The number of hydrogen-bond donors (Lipinski definition) is 2. The van der Waals surface area contributed by atoms with Crippen molar-refractivity contribution in [2.75, 3.05) is 17.4 Å². The van der Waals surface area contributed by atoms with E-state index in [1.54, 1.807) is 30.3 Å². The Morgan fingerprint density at radius 2 is 1.93 bits per heavy atom. The molecule has 0 bridgehead atoms. The van der Waals surface area contributed by atoms with Crippen LogP contribution in [0.2, 0.25) is 5.02 Å². The molecule has 0 atom stereocenters. The van der Waals surface area contributed by atoms with Crippen molar-refractivity contribution in [3.63, 3.8) is 0 Å². The number of nitrogens with one attached hydrogen (secondary N) is 2. The van der Waals surface area contributed by atoms with Gasteiger partial charge < -0.3 is 20.1 Å². The van der Waals surface area contributed by atoms with E-state index in [0.717, 1.165) is 17.1 Å². The van der Waals surface area contributed by atoms with Gasteiger partial charge in [0.2, 0.25) is 6.79 Å². The highest BCUT2D eigenvalue weighted by Crippen LogP contribution is 2.32. The minimum Gasteiger partial charge on any atom is -0.454 e. The highest BCUT2D eigenvalue weighted by Gasteiger charge is 2.14. The van der Waals surface area contributed by atoms with Crippen LogP contribution >= 0.6 is 11.6 Å². The fourth-order valence-corrected chi connectivity index (χ4v) is 2.75. The number of para-hydroxylation sites is 1. The molecule has 0 unspecified atom stereocenters. The lowest BCUT2D eigenvalue weighted by Crippen LogP contribution is -2.15. The molecule has 2 heterocycles. The molecule has 0 saturated carbocycles. The second kappa shape index (κ2) is 7.51. The van der Waals surface area contributed by atoms with E-state index in [9.17, 15) is 4.79 Å². The number of benzene rings is 2. The number of amides is 1. The summed E-state index contributed by atoms with van der Waals surface area (Å²) in [6, 6.07) is 14.3. The van der Waals surface area contributed by atoms with Gasteiger partial charge in [-0.2, -0.15) is 0 Å². The maximum Gasteiger partial charge on any atom is 0.274 e. The third-order valence-corrected chi connectivity index (χ3v) is 4.26. The molecule has 7 nitrogen and oxygen atoms in total. The van der Waals surface area contributed by atoms with E-state index >= 15 is 0 Å². The number of carbonyl (C=O) groups is 1. The Bertz CT molecular complexity index is 996. The molecule has 2 aromatic carbocycles. The summed E-state index contributed by atoms with van der Waals surface area (Å²) in [4.78, 5) is 20.6. The number of aromatic nitrogens is 2. The number of fused-ring (bicyclic) bond motifs is 1. The van der Waals surface area contributed by atoms with Crippen LogP contribution < -0.4 is 20.1 Å². The van der Waals surface area contributed by atoms with Gasteiger partial charge in [0.15, 0.2) is 11.5 Å². The fraction of sp³-hybridized carbons (Fsp3) is 0.105. The predicted octanol–water partition coefficient (Wildman–Crippen LogP) is 3.72. The quantitative estimate of drug-likeness (QED) is 0.699. The Labute approximate surface area is 160 Å². The summed E-state index contributed by atoms with van der Waals surface area (Å²) < 4.78 is 10.7. The molecule has 1 aromatic heterocycles. The maximum absolute atomic E-state index is 12.4. The predicted molar refractivity (Wildman–Crippen MR) is 101 cm³/mol. The summed E-state index contributed by atoms with van der Waals surface area (Å²) in [5.74, 6) is 1.62. The summed E-state index contributed by atoms with van der Waals surface area (Å²) in [5.41, 5.74) is 1.76. The normalized spacial score (nSPS) is 11.9. The highest BCUT2D eigenvalue weighted by atomic mass is 35.5. The molecule has 2 N–H and O–H groups in total. The van der Waals surface area contributed by atoms with Crippen molar-refractivity contribution in [3.8, 4) is 11.5 Å². The Balaban J connectivity index is 1.43. The van der Waals surface area contributed by atoms with Crippen LogP contribution in [-0.2, 0) is 6.54 Å². The topological polar surface area (TPSA) is 85.4 Å². The van der Waals surface area contributed by atoms with Gasteiger partial charge >= 0.3 is 0 Å². The molecule has 1 amide bonds. The third-order valence-electron chi connectivity index (χ3n) is 3.93. The minimum absolute atomic E-state index is 0.234. The summed E-state index contributed by atoms with van der Waals surface area (Å²) in [5, 5.41) is 6.36. The van der Waals surface area contributed by atoms with Crippen LogP contribution in [0.1, 0.15) is 16.1 Å². The van der Waals surface area contributed by atoms with Gasteiger partial charge in [-0.25, -0.2) is 9.97 Å². The van der Waals surface area contributed by atoms with Gasteiger partial charge in [0.05, 0.1) is 10.7 Å². The number of rotatable bonds is 5.